The van der Waals surface area contributed by atoms with Gasteiger partial charge in [0.2, 0.25) is 0 Å². The van der Waals surface area contributed by atoms with Gasteiger partial charge in [-0.25, -0.2) is 0 Å². The van der Waals surface area contributed by atoms with Gasteiger partial charge in [0.25, 0.3) is 0 Å². The molecule has 4 nitrogen and oxygen atoms in total. The molecule has 0 unspecified atom stereocenters. The number of Topliss-reactive ketones (excluding diaryl/α,β-unsaturated/α-hetero) is 1. The van der Waals surface area contributed by atoms with Crippen LogP contribution in [0.4, 0.5) is 0 Å². The van der Waals surface area contributed by atoms with Crippen molar-refractivity contribution in [3.8, 4) is 5.75 Å². The topological polar surface area (TPSA) is 43.8 Å². The number of ketones is 1. The van der Waals surface area contributed by atoms with E-state index in [-0.39, 0.29) is 16.8 Å². The van der Waals surface area contributed by atoms with E-state index in [0.29, 0.717) is 5.56 Å². The fourth-order valence-electron chi connectivity index (χ4n) is 2.19. The Morgan fingerprint density at radius 2 is 2.00 bits per heavy atom. The minimum atomic E-state index is -0.327. The van der Waals surface area contributed by atoms with E-state index in [1.54, 1.807) is 12.1 Å². The van der Waals surface area contributed by atoms with E-state index < -0.39 is 0 Å². The van der Waals surface area contributed by atoms with Crippen LogP contribution in [0.1, 0.15) is 17.3 Å². The first-order valence-corrected chi connectivity index (χ1v) is 9.13. The van der Waals surface area contributed by atoms with Gasteiger partial charge in [0.15, 0.2) is 5.78 Å². The third-order valence-electron chi connectivity index (χ3n) is 3.63. The number of thioether (sulfide) groups is 1. The lowest BCUT2D eigenvalue weighted by molar-refractivity contribution is 0.0991. The third-order valence-corrected chi connectivity index (χ3v) is 5.70. The maximum atomic E-state index is 12.5. The lowest BCUT2D eigenvalue weighted by atomic mass is 10.1. The highest BCUT2D eigenvalue weighted by Crippen LogP contribution is 2.27. The maximum Gasteiger partial charge on any atom is 0.179 e. The maximum absolute atomic E-state index is 12.5. The van der Waals surface area contributed by atoms with Crippen molar-refractivity contribution in [2.45, 2.75) is 12.2 Å². The molecule has 1 aromatic carbocycles. The summed E-state index contributed by atoms with van der Waals surface area (Å²) < 4.78 is 1.52. The van der Waals surface area contributed by atoms with Crippen LogP contribution in [-0.2, 0) is 0 Å². The van der Waals surface area contributed by atoms with E-state index in [2.05, 4.69) is 32.8 Å². The summed E-state index contributed by atoms with van der Waals surface area (Å²) in [7, 11) is 2.09. The van der Waals surface area contributed by atoms with Crippen LogP contribution < -0.4 is 0 Å². The number of benzene rings is 1. The molecule has 1 heterocycles. The second kappa shape index (κ2) is 7.77. The number of phenolic OH excluding ortho intramolecular Hbond substituents is 1. The van der Waals surface area contributed by atoms with Crippen molar-refractivity contribution in [2.24, 2.45) is 0 Å². The number of aromatic hydroxyl groups is 1. The van der Waals surface area contributed by atoms with E-state index in [4.69, 9.17) is 12.2 Å². The first-order chi connectivity index (χ1) is 10.4. The molecule has 1 aliphatic rings. The molecule has 0 saturated carbocycles. The summed E-state index contributed by atoms with van der Waals surface area (Å²) in [5.41, 5.74) is 0.329. The van der Waals surface area contributed by atoms with E-state index in [1.807, 2.05) is 6.92 Å². The molecule has 0 amide bonds. The Kier molecular flexibility index (Phi) is 6.26. The van der Waals surface area contributed by atoms with Crippen LogP contribution in [0.15, 0.2) is 22.7 Å². The van der Waals surface area contributed by atoms with Crippen LogP contribution in [0.5, 0.6) is 5.75 Å². The standard InChI is InChI=1S/C15H19BrN2O2S2/c1-10(14(20)12-9-11(16)3-4-13(12)19)22-15(21)18-7-5-17(2)6-8-18/h3-4,9-10,19H,5-8H2,1-2H3/t10-/m1/s1. The Bertz CT molecular complexity index is 575. The van der Waals surface area contributed by atoms with Gasteiger partial charge in [-0.2, -0.15) is 0 Å². The molecular weight excluding hydrogens is 384 g/mol. The molecule has 0 aromatic heterocycles. The highest BCUT2D eigenvalue weighted by Gasteiger charge is 2.24. The van der Waals surface area contributed by atoms with Crippen molar-refractivity contribution in [1.29, 1.82) is 0 Å². The first kappa shape index (κ1) is 17.7. The molecule has 1 aliphatic heterocycles. The molecular formula is C15H19BrN2O2S2. The molecule has 7 heteroatoms. The minimum Gasteiger partial charge on any atom is -0.507 e. The number of hydrogen-bond acceptors (Lipinski definition) is 5. The van der Waals surface area contributed by atoms with Crippen LogP contribution in [0.3, 0.4) is 0 Å². The third kappa shape index (κ3) is 4.44. The molecule has 1 saturated heterocycles. The normalized spacial score (nSPS) is 17.3. The van der Waals surface area contributed by atoms with Gasteiger partial charge in [-0.1, -0.05) is 39.9 Å². The van der Waals surface area contributed by atoms with E-state index in [1.165, 1.54) is 17.8 Å². The number of hydrogen-bond donors (Lipinski definition) is 1. The van der Waals surface area contributed by atoms with Crippen molar-refractivity contribution in [1.82, 2.24) is 9.80 Å². The zero-order valence-electron chi connectivity index (χ0n) is 12.6. The molecule has 120 valence electrons. The van der Waals surface area contributed by atoms with Gasteiger partial charge in [0.1, 0.15) is 10.1 Å². The van der Waals surface area contributed by atoms with E-state index in [0.717, 1.165) is 35.0 Å². The molecule has 0 aliphatic carbocycles. The van der Waals surface area contributed by atoms with Crippen molar-refractivity contribution in [3.63, 3.8) is 0 Å². The Balaban J connectivity index is 1.99. The van der Waals surface area contributed by atoms with Gasteiger partial charge in [0.05, 0.1) is 10.8 Å². The molecule has 2 rings (SSSR count). The second-order valence-corrected chi connectivity index (χ2v) is 8.23. The van der Waals surface area contributed by atoms with Crippen LogP contribution in [-0.4, -0.2) is 63.5 Å². The average Bonchev–Trinajstić information content (AvgIpc) is 2.49. The summed E-state index contributed by atoms with van der Waals surface area (Å²) in [6, 6.07) is 4.87. The fourth-order valence-corrected chi connectivity index (χ4v) is 4.04. The quantitative estimate of drug-likeness (QED) is 0.619. The Labute approximate surface area is 149 Å². The lowest BCUT2D eigenvalue weighted by Gasteiger charge is -2.34. The molecule has 1 atom stereocenters. The predicted octanol–water partition coefficient (Wildman–Crippen LogP) is 2.99. The Morgan fingerprint density at radius 3 is 2.64 bits per heavy atom. The number of carbonyl (C=O) groups excluding carboxylic acids is 1. The van der Waals surface area contributed by atoms with E-state index in [9.17, 15) is 9.90 Å². The second-order valence-electron chi connectivity index (χ2n) is 5.34. The fraction of sp³-hybridized carbons (Fsp3) is 0.467. The summed E-state index contributed by atoms with van der Waals surface area (Å²) in [6.45, 7) is 5.58. The van der Waals surface area contributed by atoms with Gasteiger partial charge >= 0.3 is 0 Å². The Hall–Kier alpha value is -0.630. The first-order valence-electron chi connectivity index (χ1n) is 7.05. The molecule has 0 spiro atoms. The number of nitrogens with zero attached hydrogens (tertiary/aromatic N) is 2. The zero-order chi connectivity index (χ0) is 16.3. The molecule has 22 heavy (non-hydrogen) atoms. The molecule has 0 bridgehead atoms. The van der Waals surface area contributed by atoms with Gasteiger partial charge in [-0.05, 0) is 32.2 Å². The number of halogens is 1. The largest absolute Gasteiger partial charge is 0.507 e. The molecule has 1 aromatic rings. The van der Waals surface area contributed by atoms with Crippen molar-refractivity contribution < 1.29 is 9.90 Å². The number of phenols is 1. The molecule has 1 fully saturated rings. The highest BCUT2D eigenvalue weighted by atomic mass is 79.9. The van der Waals surface area contributed by atoms with Crippen molar-refractivity contribution in [2.75, 3.05) is 33.2 Å². The van der Waals surface area contributed by atoms with Crippen LogP contribution >= 0.6 is 39.9 Å². The summed E-state index contributed by atoms with van der Waals surface area (Å²) in [4.78, 5) is 16.9. The Morgan fingerprint density at radius 1 is 1.36 bits per heavy atom. The number of likely N-dealkylation sites (N-methyl/N-ethyl adjacent to an activating group) is 1. The summed E-state index contributed by atoms with van der Waals surface area (Å²) in [5, 5.41) is 9.54. The summed E-state index contributed by atoms with van der Waals surface area (Å²) in [5.74, 6) is -0.105. The number of carbonyl (C=O) groups is 1. The van der Waals surface area contributed by atoms with Crippen LogP contribution in [0.25, 0.3) is 0 Å². The molecule has 0 radical (unpaired) electrons. The van der Waals surface area contributed by atoms with Gasteiger partial charge in [-0.3, -0.25) is 4.79 Å². The zero-order valence-corrected chi connectivity index (χ0v) is 15.8. The van der Waals surface area contributed by atoms with Crippen LogP contribution in [0, 0.1) is 0 Å². The SMILES string of the molecule is C[C@@H](SC(=S)N1CCN(C)CC1)C(=O)c1cc(Br)ccc1O. The summed E-state index contributed by atoms with van der Waals surface area (Å²) >= 11 is 10.2. The molecule has 1 N–H and O–H groups in total. The number of piperazine rings is 1. The van der Waals surface area contributed by atoms with Gasteiger partial charge in [0, 0.05) is 30.7 Å². The van der Waals surface area contributed by atoms with Gasteiger partial charge in [-0.15, -0.1) is 0 Å². The van der Waals surface area contributed by atoms with E-state index >= 15 is 0 Å². The predicted molar refractivity (Wildman–Crippen MR) is 98.9 cm³/mol. The van der Waals surface area contributed by atoms with Crippen LogP contribution in [0.2, 0.25) is 0 Å². The smallest absolute Gasteiger partial charge is 0.179 e. The number of thiocarbonyl (C=S) groups is 1. The van der Waals surface area contributed by atoms with Crippen molar-refractivity contribution in [3.05, 3.63) is 28.2 Å². The van der Waals surface area contributed by atoms with Crippen molar-refractivity contribution >= 4 is 50.0 Å². The lowest BCUT2D eigenvalue weighted by Crippen LogP contribution is -2.46. The minimum absolute atomic E-state index is 0.00571. The monoisotopic (exact) mass is 402 g/mol. The highest BCUT2D eigenvalue weighted by molar-refractivity contribution is 9.10. The average molecular weight is 403 g/mol. The summed E-state index contributed by atoms with van der Waals surface area (Å²) in [6.07, 6.45) is 0. The number of rotatable bonds is 3. The van der Waals surface area contributed by atoms with Gasteiger partial charge < -0.3 is 14.9 Å².